The lowest BCUT2D eigenvalue weighted by Gasteiger charge is -2.22. The van der Waals surface area contributed by atoms with Crippen LogP contribution >= 0.6 is 23.2 Å². The normalized spacial score (nSPS) is 16.0. The predicted molar refractivity (Wildman–Crippen MR) is 49.4 cm³/mol. The lowest BCUT2D eigenvalue weighted by atomic mass is 10.6. The number of nitrogens with zero attached hydrogens (tertiary/aromatic N) is 2. The lowest BCUT2D eigenvalue weighted by molar-refractivity contribution is -0.118. The topological polar surface area (TPSA) is 82.8 Å². The molecule has 0 fully saturated rings. The Hall–Kier alpha value is -0.980. The van der Waals surface area contributed by atoms with Gasteiger partial charge in [0.2, 0.25) is 5.91 Å². The minimum atomic E-state index is -0.515. The minimum absolute atomic E-state index is 0.0646. The van der Waals surface area contributed by atoms with Gasteiger partial charge in [0, 0.05) is 6.08 Å². The van der Waals surface area contributed by atoms with E-state index in [4.69, 9.17) is 28.9 Å². The maximum atomic E-state index is 10.4. The summed E-state index contributed by atoms with van der Waals surface area (Å²) in [5, 5.41) is 5.32. The summed E-state index contributed by atoms with van der Waals surface area (Å²) >= 11 is 11.2. The fourth-order valence-corrected chi connectivity index (χ4v) is 1.04. The summed E-state index contributed by atoms with van der Waals surface area (Å²) in [6, 6.07) is 0. The Kier molecular flexibility index (Phi) is 3.35. The van der Waals surface area contributed by atoms with Crippen LogP contribution in [-0.2, 0) is 4.79 Å². The van der Waals surface area contributed by atoms with Gasteiger partial charge in [0.15, 0.2) is 5.17 Å². The third kappa shape index (κ3) is 3.49. The summed E-state index contributed by atoms with van der Waals surface area (Å²) in [7, 11) is 0. The number of hydrazone groups is 1. The van der Waals surface area contributed by atoms with Gasteiger partial charge in [-0.2, -0.15) is 5.43 Å². The van der Waals surface area contributed by atoms with Gasteiger partial charge >= 0.3 is 0 Å². The number of nitrogens with one attached hydrogen (secondary N) is 2. The van der Waals surface area contributed by atoms with E-state index in [1.807, 2.05) is 0 Å². The molecular weight excluding hydrogens is 217 g/mol. The first-order valence-corrected chi connectivity index (χ1v) is 4.03. The monoisotopic (exact) mass is 223 g/mol. The van der Waals surface area contributed by atoms with Crippen LogP contribution in [0.5, 0.6) is 0 Å². The van der Waals surface area contributed by atoms with Crippen molar-refractivity contribution in [2.45, 2.75) is 0 Å². The zero-order valence-electron chi connectivity index (χ0n) is 6.42. The molecular formula is C5H7Cl2N5O. The quantitative estimate of drug-likeness (QED) is 0.560. The second-order valence-corrected chi connectivity index (χ2v) is 2.93. The number of hydrogen-bond acceptors (Lipinski definition) is 5. The molecule has 13 heavy (non-hydrogen) atoms. The Morgan fingerprint density at radius 1 is 1.77 bits per heavy atom. The van der Waals surface area contributed by atoms with Crippen LogP contribution in [0.25, 0.3) is 0 Å². The van der Waals surface area contributed by atoms with Crippen LogP contribution in [-0.4, -0.2) is 22.8 Å². The van der Waals surface area contributed by atoms with Gasteiger partial charge < -0.3 is 5.73 Å². The summed E-state index contributed by atoms with van der Waals surface area (Å²) in [4.78, 5) is 10.4. The van der Waals surface area contributed by atoms with Gasteiger partial charge in [0.1, 0.15) is 5.16 Å². The van der Waals surface area contributed by atoms with Crippen LogP contribution in [0.15, 0.2) is 16.3 Å². The molecule has 0 aromatic heterocycles. The molecule has 0 unspecified atom stereocenters. The maximum Gasteiger partial charge on any atom is 0.233 e. The summed E-state index contributed by atoms with van der Waals surface area (Å²) in [6.07, 6.45) is 1.42. The van der Waals surface area contributed by atoms with Crippen LogP contribution in [0, 0.1) is 0 Å². The molecule has 6 nitrogen and oxygen atoms in total. The number of allylic oxidation sites excluding steroid dienone is 1. The van der Waals surface area contributed by atoms with Gasteiger partial charge in [0.05, 0.1) is 6.54 Å². The molecule has 0 aliphatic carbocycles. The number of nitrogens with two attached hydrogens (primary N) is 1. The highest BCUT2D eigenvalue weighted by atomic mass is 35.5. The second-order valence-electron chi connectivity index (χ2n) is 2.14. The minimum Gasteiger partial charge on any atom is -0.369 e. The predicted octanol–water partition coefficient (Wildman–Crippen LogP) is -0.571. The zero-order chi connectivity index (χ0) is 9.84. The molecule has 8 heteroatoms. The Bertz CT molecular complexity index is 276. The van der Waals surface area contributed by atoms with E-state index in [2.05, 4.69) is 16.0 Å². The number of halogens is 2. The van der Waals surface area contributed by atoms with Crippen molar-refractivity contribution in [3.8, 4) is 0 Å². The number of amides is 1. The zero-order valence-corrected chi connectivity index (χ0v) is 7.93. The number of carbonyl (C=O) groups excluding carboxylic acids is 1. The number of primary amides is 1. The second kappa shape index (κ2) is 4.31. The van der Waals surface area contributed by atoms with Crippen molar-refractivity contribution < 1.29 is 4.79 Å². The molecule has 1 heterocycles. The molecule has 1 amide bonds. The van der Waals surface area contributed by atoms with Gasteiger partial charge in [-0.3, -0.25) is 10.2 Å². The summed E-state index contributed by atoms with van der Waals surface area (Å²) < 4.78 is 0. The van der Waals surface area contributed by atoms with Crippen LogP contribution in [0.4, 0.5) is 0 Å². The molecule has 1 aliphatic heterocycles. The van der Waals surface area contributed by atoms with Gasteiger partial charge in [-0.1, -0.05) is 23.2 Å². The van der Waals surface area contributed by atoms with Crippen LogP contribution < -0.4 is 16.6 Å². The largest absolute Gasteiger partial charge is 0.369 e. The Morgan fingerprint density at radius 3 is 3.00 bits per heavy atom. The van der Waals surface area contributed by atoms with Crippen molar-refractivity contribution in [3.63, 3.8) is 0 Å². The highest BCUT2D eigenvalue weighted by molar-refractivity contribution is 6.69. The van der Waals surface area contributed by atoms with Crippen molar-refractivity contribution in [3.05, 3.63) is 11.2 Å². The average Bonchev–Trinajstić information content (AvgIpc) is 1.99. The molecule has 1 rings (SSSR count). The molecule has 0 bridgehead atoms. The summed E-state index contributed by atoms with van der Waals surface area (Å²) in [5.41, 5.74) is 10.00. The van der Waals surface area contributed by atoms with E-state index >= 15 is 0 Å². The first-order valence-electron chi connectivity index (χ1n) is 3.28. The Balaban J connectivity index is 2.46. The molecule has 0 atom stereocenters. The molecule has 0 aromatic rings. The van der Waals surface area contributed by atoms with E-state index in [0.717, 1.165) is 5.23 Å². The third-order valence-electron chi connectivity index (χ3n) is 1.06. The van der Waals surface area contributed by atoms with E-state index in [1.54, 1.807) is 0 Å². The summed E-state index contributed by atoms with van der Waals surface area (Å²) in [5.74, 6) is -0.515. The molecule has 0 saturated heterocycles. The van der Waals surface area contributed by atoms with Gasteiger partial charge in [-0.15, -0.1) is 10.3 Å². The molecule has 0 saturated carbocycles. The highest BCUT2D eigenvalue weighted by Gasteiger charge is 2.09. The third-order valence-corrected chi connectivity index (χ3v) is 1.44. The number of hydrogen-bond donors (Lipinski definition) is 3. The van der Waals surface area contributed by atoms with Crippen LogP contribution in [0.1, 0.15) is 0 Å². The van der Waals surface area contributed by atoms with Crippen molar-refractivity contribution in [2.24, 2.45) is 10.8 Å². The average molecular weight is 224 g/mol. The number of hydrazine groups is 2. The fourth-order valence-electron chi connectivity index (χ4n) is 0.615. The van der Waals surface area contributed by atoms with Crippen molar-refractivity contribution in [2.75, 3.05) is 6.54 Å². The van der Waals surface area contributed by atoms with E-state index in [0.29, 0.717) is 0 Å². The van der Waals surface area contributed by atoms with E-state index in [1.165, 1.54) is 6.08 Å². The Labute approximate surface area is 84.3 Å². The molecule has 72 valence electrons. The van der Waals surface area contributed by atoms with Crippen molar-refractivity contribution in [1.82, 2.24) is 16.1 Å². The fraction of sp³-hybridized carbons (Fsp3) is 0.200. The first-order chi connectivity index (χ1) is 6.08. The van der Waals surface area contributed by atoms with Crippen molar-refractivity contribution in [1.29, 1.82) is 0 Å². The number of rotatable bonds is 3. The standard InChI is InChI=1S/C5H7Cl2N5O/c6-3-1-4(7)11-12(10-3)9-2-5(8)13/h1,9-10H,2H2,(H2,8,13). The van der Waals surface area contributed by atoms with Crippen molar-refractivity contribution >= 4 is 34.3 Å². The maximum absolute atomic E-state index is 10.4. The molecule has 4 N–H and O–H groups in total. The van der Waals surface area contributed by atoms with Crippen LogP contribution in [0.2, 0.25) is 0 Å². The molecule has 0 radical (unpaired) electrons. The van der Waals surface area contributed by atoms with Gasteiger partial charge in [-0.25, -0.2) is 0 Å². The van der Waals surface area contributed by atoms with E-state index < -0.39 is 5.91 Å². The van der Waals surface area contributed by atoms with Gasteiger partial charge in [-0.05, 0) is 0 Å². The Morgan fingerprint density at radius 2 is 2.46 bits per heavy atom. The number of carbonyl (C=O) groups is 1. The van der Waals surface area contributed by atoms with E-state index in [-0.39, 0.29) is 16.9 Å². The van der Waals surface area contributed by atoms with Crippen LogP contribution in [0.3, 0.4) is 0 Å². The summed E-state index contributed by atoms with van der Waals surface area (Å²) in [6.45, 7) is -0.0646. The van der Waals surface area contributed by atoms with Gasteiger partial charge in [0.25, 0.3) is 0 Å². The first kappa shape index (κ1) is 10.1. The molecule has 0 aromatic carbocycles. The molecule has 1 aliphatic rings. The lowest BCUT2D eigenvalue weighted by Crippen LogP contribution is -2.48. The van der Waals surface area contributed by atoms with E-state index in [9.17, 15) is 4.79 Å². The highest BCUT2D eigenvalue weighted by Crippen LogP contribution is 2.05. The SMILES string of the molecule is NC(=O)CNN1N=C(Cl)C=C(Cl)N1. The molecule has 0 spiro atoms. The smallest absolute Gasteiger partial charge is 0.233 e.